The maximum absolute atomic E-state index is 13.4. The number of aliphatic hydroxyl groups is 1. The number of amides is 2. The Labute approximate surface area is 246 Å². The van der Waals surface area contributed by atoms with Crippen LogP contribution in [0.1, 0.15) is 61.9 Å². The minimum Gasteiger partial charge on any atom is -0.390 e. The molecule has 3 atom stereocenters. The van der Waals surface area contributed by atoms with Gasteiger partial charge < -0.3 is 20.6 Å². The molecule has 2 amide bonds. The lowest BCUT2D eigenvalue weighted by Crippen LogP contribution is -2.49. The van der Waals surface area contributed by atoms with Crippen LogP contribution in [0.5, 0.6) is 0 Å². The standard InChI is InChI=1S/C33H38N4O3S/c1-4-28(25-14-9-6-10-15-25)34-20-30(38)29(18-24-12-7-5-8-13-24)36-32(39)26-16-11-17-27(19-26)33(40)37(3)21-31-35-23(2)22-41-31/h5-17,19,22,28-30,34,38H,4,18,20-21H2,1-3H3,(H,36,39)/t28-,29-,30+/m0/s1. The van der Waals surface area contributed by atoms with E-state index in [1.54, 1.807) is 36.2 Å². The molecule has 0 aliphatic rings. The SMILES string of the molecule is CC[C@H](NC[C@@H](O)[C@H](Cc1ccccc1)NC(=O)c1cccc(C(=O)N(C)Cc2nc(C)cs2)c1)c1ccccc1. The zero-order chi connectivity index (χ0) is 29.2. The molecule has 0 saturated carbocycles. The number of aromatic nitrogens is 1. The van der Waals surface area contributed by atoms with Gasteiger partial charge in [-0.25, -0.2) is 4.98 Å². The maximum atomic E-state index is 13.4. The Kier molecular flexibility index (Phi) is 10.8. The van der Waals surface area contributed by atoms with Gasteiger partial charge in [0, 0.05) is 41.8 Å². The molecule has 0 aliphatic heterocycles. The first kappa shape index (κ1) is 30.1. The van der Waals surface area contributed by atoms with E-state index < -0.39 is 12.1 Å². The van der Waals surface area contributed by atoms with E-state index in [-0.39, 0.29) is 17.9 Å². The molecule has 3 N–H and O–H groups in total. The van der Waals surface area contributed by atoms with Crippen molar-refractivity contribution in [2.75, 3.05) is 13.6 Å². The van der Waals surface area contributed by atoms with E-state index in [0.29, 0.717) is 30.6 Å². The van der Waals surface area contributed by atoms with Crippen LogP contribution in [0.15, 0.2) is 90.3 Å². The molecule has 0 unspecified atom stereocenters. The molecule has 3 aromatic carbocycles. The van der Waals surface area contributed by atoms with Crippen LogP contribution < -0.4 is 10.6 Å². The highest BCUT2D eigenvalue weighted by Crippen LogP contribution is 2.17. The third-order valence-corrected chi connectivity index (χ3v) is 7.97. The van der Waals surface area contributed by atoms with E-state index in [2.05, 4.69) is 34.7 Å². The number of rotatable bonds is 13. The zero-order valence-electron chi connectivity index (χ0n) is 23.8. The van der Waals surface area contributed by atoms with Crippen molar-refractivity contribution in [3.63, 3.8) is 0 Å². The van der Waals surface area contributed by atoms with Crippen molar-refractivity contribution in [1.82, 2.24) is 20.5 Å². The molecule has 1 aromatic heterocycles. The Bertz CT molecular complexity index is 1410. The third kappa shape index (κ3) is 8.57. The van der Waals surface area contributed by atoms with E-state index in [9.17, 15) is 14.7 Å². The molecule has 214 valence electrons. The van der Waals surface area contributed by atoms with Gasteiger partial charge in [-0.1, -0.05) is 73.7 Å². The zero-order valence-corrected chi connectivity index (χ0v) is 24.6. The van der Waals surface area contributed by atoms with Crippen LogP contribution in [0.3, 0.4) is 0 Å². The quantitative estimate of drug-likeness (QED) is 0.206. The molecule has 0 aliphatic carbocycles. The van der Waals surface area contributed by atoms with Crippen molar-refractivity contribution in [2.24, 2.45) is 0 Å². The van der Waals surface area contributed by atoms with Crippen LogP contribution in [0.2, 0.25) is 0 Å². The van der Waals surface area contributed by atoms with Gasteiger partial charge in [-0.05, 0) is 49.1 Å². The third-order valence-electron chi connectivity index (χ3n) is 7.02. The van der Waals surface area contributed by atoms with Gasteiger partial charge in [0.2, 0.25) is 0 Å². The summed E-state index contributed by atoms with van der Waals surface area (Å²) in [6, 6.07) is 26.2. The summed E-state index contributed by atoms with van der Waals surface area (Å²) in [5.74, 6) is -0.531. The molecule has 0 fully saturated rings. The molecule has 0 saturated heterocycles. The highest BCUT2D eigenvalue weighted by Gasteiger charge is 2.24. The summed E-state index contributed by atoms with van der Waals surface area (Å²) in [7, 11) is 1.73. The average molecular weight is 571 g/mol. The molecule has 0 spiro atoms. The molecule has 4 aromatic rings. The molecule has 8 heteroatoms. The second-order valence-electron chi connectivity index (χ2n) is 10.2. The van der Waals surface area contributed by atoms with Gasteiger partial charge in [-0.15, -0.1) is 11.3 Å². The van der Waals surface area contributed by atoms with Crippen molar-refractivity contribution in [3.05, 3.63) is 123 Å². The smallest absolute Gasteiger partial charge is 0.253 e. The minimum atomic E-state index is -0.838. The van der Waals surface area contributed by atoms with Crippen molar-refractivity contribution in [3.8, 4) is 0 Å². The summed E-state index contributed by atoms with van der Waals surface area (Å²) < 4.78 is 0. The number of hydrogen-bond acceptors (Lipinski definition) is 6. The molecular formula is C33H38N4O3S. The summed E-state index contributed by atoms with van der Waals surface area (Å²) in [6.45, 7) is 4.73. The van der Waals surface area contributed by atoms with Crippen LogP contribution >= 0.6 is 11.3 Å². The Morgan fingerprint density at radius 1 is 0.976 bits per heavy atom. The summed E-state index contributed by atoms with van der Waals surface area (Å²) in [6.07, 6.45) is 0.491. The number of thiazole rings is 1. The highest BCUT2D eigenvalue weighted by atomic mass is 32.1. The van der Waals surface area contributed by atoms with Gasteiger partial charge in [0.1, 0.15) is 5.01 Å². The van der Waals surface area contributed by atoms with Crippen LogP contribution in [-0.2, 0) is 13.0 Å². The van der Waals surface area contributed by atoms with E-state index >= 15 is 0 Å². The van der Waals surface area contributed by atoms with Gasteiger partial charge in [0.25, 0.3) is 11.8 Å². The van der Waals surface area contributed by atoms with Gasteiger partial charge >= 0.3 is 0 Å². The summed E-state index contributed by atoms with van der Waals surface area (Å²) in [5, 5.41) is 20.6. The summed E-state index contributed by atoms with van der Waals surface area (Å²) >= 11 is 1.52. The molecule has 4 rings (SSSR count). The predicted molar refractivity (Wildman–Crippen MR) is 164 cm³/mol. The van der Waals surface area contributed by atoms with Crippen molar-refractivity contribution >= 4 is 23.2 Å². The van der Waals surface area contributed by atoms with Crippen molar-refractivity contribution in [2.45, 2.75) is 51.4 Å². The van der Waals surface area contributed by atoms with E-state index in [1.807, 2.05) is 60.8 Å². The molecule has 0 bridgehead atoms. The number of carbonyl (C=O) groups is 2. The highest BCUT2D eigenvalue weighted by molar-refractivity contribution is 7.09. The fourth-order valence-electron chi connectivity index (χ4n) is 4.76. The first-order valence-electron chi connectivity index (χ1n) is 13.9. The van der Waals surface area contributed by atoms with E-state index in [1.165, 1.54) is 11.3 Å². The van der Waals surface area contributed by atoms with Crippen LogP contribution in [-0.4, -0.2) is 52.5 Å². The molecule has 0 radical (unpaired) electrons. The van der Waals surface area contributed by atoms with Crippen LogP contribution in [0.4, 0.5) is 0 Å². The number of aryl methyl sites for hydroxylation is 1. The van der Waals surface area contributed by atoms with Crippen molar-refractivity contribution < 1.29 is 14.7 Å². The average Bonchev–Trinajstić information content (AvgIpc) is 3.41. The predicted octanol–water partition coefficient (Wildman–Crippen LogP) is 5.17. The van der Waals surface area contributed by atoms with Gasteiger partial charge in [0.15, 0.2) is 0 Å². The van der Waals surface area contributed by atoms with E-state index in [0.717, 1.165) is 28.2 Å². The van der Waals surface area contributed by atoms with Crippen LogP contribution in [0, 0.1) is 6.92 Å². The molecule has 41 heavy (non-hydrogen) atoms. The second-order valence-corrected chi connectivity index (χ2v) is 11.2. The number of benzene rings is 3. The van der Waals surface area contributed by atoms with Gasteiger partial charge in [-0.2, -0.15) is 0 Å². The Morgan fingerprint density at radius 3 is 2.32 bits per heavy atom. The number of nitrogens with one attached hydrogen (secondary N) is 2. The van der Waals surface area contributed by atoms with Gasteiger partial charge in [-0.3, -0.25) is 9.59 Å². The van der Waals surface area contributed by atoms with Crippen LogP contribution in [0.25, 0.3) is 0 Å². The lowest BCUT2D eigenvalue weighted by molar-refractivity contribution is 0.0784. The van der Waals surface area contributed by atoms with Crippen molar-refractivity contribution in [1.29, 1.82) is 0 Å². The lowest BCUT2D eigenvalue weighted by Gasteiger charge is -2.27. The Hall–Kier alpha value is -3.85. The Morgan fingerprint density at radius 2 is 1.66 bits per heavy atom. The first-order valence-corrected chi connectivity index (χ1v) is 14.8. The monoisotopic (exact) mass is 570 g/mol. The fraction of sp³-hybridized carbons (Fsp3) is 0.303. The maximum Gasteiger partial charge on any atom is 0.253 e. The number of hydrogen-bond donors (Lipinski definition) is 3. The number of aliphatic hydroxyl groups excluding tert-OH is 1. The topological polar surface area (TPSA) is 94.6 Å². The summed E-state index contributed by atoms with van der Waals surface area (Å²) in [4.78, 5) is 32.6. The normalized spacial score (nSPS) is 13.3. The molecule has 1 heterocycles. The number of carbonyl (C=O) groups excluding carboxylic acids is 2. The fourth-order valence-corrected chi connectivity index (χ4v) is 5.58. The largest absolute Gasteiger partial charge is 0.390 e. The lowest BCUT2D eigenvalue weighted by atomic mass is 9.99. The summed E-state index contributed by atoms with van der Waals surface area (Å²) in [5.41, 5.74) is 3.88. The molecule has 7 nitrogen and oxygen atoms in total. The van der Waals surface area contributed by atoms with E-state index in [4.69, 9.17) is 0 Å². The number of nitrogens with zero attached hydrogens (tertiary/aromatic N) is 2. The minimum absolute atomic E-state index is 0.0897. The molecular weight excluding hydrogens is 532 g/mol. The Balaban J connectivity index is 1.45. The second kappa shape index (κ2) is 14.7. The first-order chi connectivity index (χ1) is 19.8. The van der Waals surface area contributed by atoms with Gasteiger partial charge in [0.05, 0.1) is 18.7 Å².